The molecular weight excluding hydrogens is 218 g/mol. The summed E-state index contributed by atoms with van der Waals surface area (Å²) in [5.41, 5.74) is -0.496. The van der Waals surface area contributed by atoms with Crippen LogP contribution >= 0.6 is 0 Å². The first-order valence-electron chi connectivity index (χ1n) is 3.05. The van der Waals surface area contributed by atoms with E-state index in [1.807, 2.05) is 0 Å². The van der Waals surface area contributed by atoms with Crippen LogP contribution in [0.25, 0.3) is 0 Å². The summed E-state index contributed by atoms with van der Waals surface area (Å²) >= 11 is 0. The van der Waals surface area contributed by atoms with E-state index in [1.165, 1.54) is 12.3 Å². The Morgan fingerprint density at radius 3 is 2.21 bits per heavy atom. The summed E-state index contributed by atoms with van der Waals surface area (Å²) in [7, 11) is 0. The Morgan fingerprint density at radius 2 is 1.79 bits per heavy atom. The van der Waals surface area contributed by atoms with Crippen molar-refractivity contribution in [2.75, 3.05) is 0 Å². The average Bonchev–Trinajstić information content (AvgIpc) is 2.04. The normalized spacial score (nSPS) is 8.00. The Labute approximate surface area is 109 Å². The number of nitrogens with one attached hydrogen (secondary N) is 1. The molecule has 3 N–H and O–H groups in total. The Hall–Kier alpha value is -0.690. The van der Waals surface area contributed by atoms with Crippen LogP contribution in [0, 0.1) is 0 Å². The van der Waals surface area contributed by atoms with Gasteiger partial charge in [-0.15, -0.1) is 0 Å². The van der Waals surface area contributed by atoms with Gasteiger partial charge in [-0.3, -0.25) is 0 Å². The van der Waals surface area contributed by atoms with E-state index < -0.39 is 11.9 Å². The zero-order valence-corrected chi connectivity index (χ0v) is 9.28. The maximum atomic E-state index is 10.2. The summed E-state index contributed by atoms with van der Waals surface area (Å²) in [5, 5.41) is 20.5. The van der Waals surface area contributed by atoms with Gasteiger partial charge in [-0.05, 0) is 0 Å². The zero-order chi connectivity index (χ0) is 9.14. The van der Waals surface area contributed by atoms with Gasteiger partial charge >= 0.3 is 37.7 Å². The molecule has 0 radical (unpaired) electrons. The summed E-state index contributed by atoms with van der Waals surface area (Å²) in [6.07, 6.45) is 1.19. The maximum absolute atomic E-state index is 10.2. The van der Waals surface area contributed by atoms with Crippen molar-refractivity contribution in [3.05, 3.63) is 29.6 Å². The molecule has 0 unspecified atom stereocenters. The summed E-state index contributed by atoms with van der Waals surface area (Å²) in [6, 6.07) is 2.13. The average molecular weight is 224 g/mol. The van der Waals surface area contributed by atoms with E-state index in [2.05, 4.69) is 4.98 Å². The van der Waals surface area contributed by atoms with Crippen molar-refractivity contribution in [3.8, 4) is 0 Å². The topological polar surface area (TPSA) is 126 Å². The molecule has 1 aromatic heterocycles. The van der Waals surface area contributed by atoms with Crippen molar-refractivity contribution < 1.29 is 30.3 Å². The van der Waals surface area contributed by atoms with Crippen LogP contribution in [0.1, 0.15) is 20.8 Å². The van der Waals surface area contributed by atoms with Gasteiger partial charge in [0.15, 0.2) is 6.20 Å². The predicted octanol–water partition coefficient (Wildman–Crippen LogP) is -3.98. The van der Waals surface area contributed by atoms with Gasteiger partial charge < -0.3 is 25.3 Å². The SMILES string of the molecule is O.O=C([O-])c1cc[nH+]c(C(=O)[O-])c1.[Ca+2]. The number of carbonyl (C=O) groups excluding carboxylic acids is 2. The van der Waals surface area contributed by atoms with Gasteiger partial charge in [0.25, 0.3) is 0 Å². The second-order valence-corrected chi connectivity index (χ2v) is 2.07. The molecule has 0 aliphatic carbocycles. The molecule has 0 spiro atoms. The number of aromatic carboxylic acids is 2. The quantitative estimate of drug-likeness (QED) is 0.474. The smallest absolute Gasteiger partial charge is 0.545 e. The molecule has 0 bridgehead atoms. The second-order valence-electron chi connectivity index (χ2n) is 2.07. The number of hydrogen-bond donors (Lipinski definition) is 0. The number of carbonyl (C=O) groups is 2. The molecule has 1 rings (SSSR count). The van der Waals surface area contributed by atoms with Gasteiger partial charge in [0.05, 0.1) is 5.97 Å². The van der Waals surface area contributed by atoms with Crippen LogP contribution in [0.2, 0.25) is 0 Å². The molecule has 0 amide bonds. The summed E-state index contributed by atoms with van der Waals surface area (Å²) in [5.74, 6) is -2.88. The third-order valence-corrected chi connectivity index (χ3v) is 1.26. The van der Waals surface area contributed by atoms with Crippen LogP contribution in [-0.4, -0.2) is 55.2 Å². The van der Waals surface area contributed by atoms with E-state index in [9.17, 15) is 19.8 Å². The van der Waals surface area contributed by atoms with Crippen molar-refractivity contribution >= 4 is 49.7 Å². The van der Waals surface area contributed by atoms with Crippen LogP contribution in [-0.2, 0) is 0 Å². The maximum Gasteiger partial charge on any atom is 2.00 e. The van der Waals surface area contributed by atoms with Crippen LogP contribution in [0.3, 0.4) is 0 Å². The van der Waals surface area contributed by atoms with E-state index in [0.29, 0.717) is 0 Å². The number of carboxylic acids is 2. The zero-order valence-electron chi connectivity index (χ0n) is 7.07. The first-order chi connectivity index (χ1) is 5.61. The van der Waals surface area contributed by atoms with E-state index in [1.54, 1.807) is 0 Å². The van der Waals surface area contributed by atoms with Crippen LogP contribution in [0.15, 0.2) is 18.3 Å². The van der Waals surface area contributed by atoms with Gasteiger partial charge in [0.1, 0.15) is 5.97 Å². The third kappa shape index (κ3) is 4.01. The van der Waals surface area contributed by atoms with E-state index in [-0.39, 0.29) is 54.5 Å². The van der Waals surface area contributed by atoms with E-state index in [0.717, 1.165) is 6.07 Å². The van der Waals surface area contributed by atoms with Gasteiger partial charge in [-0.25, -0.2) is 4.98 Å². The molecule has 0 saturated heterocycles. The van der Waals surface area contributed by atoms with Crippen molar-refractivity contribution in [3.63, 3.8) is 0 Å². The van der Waals surface area contributed by atoms with E-state index in [4.69, 9.17) is 0 Å². The van der Waals surface area contributed by atoms with Gasteiger partial charge in [0.2, 0.25) is 5.69 Å². The molecule has 0 atom stereocenters. The number of pyridine rings is 1. The first-order valence-corrected chi connectivity index (χ1v) is 3.05. The molecule has 0 aliphatic rings. The molecule has 7 heteroatoms. The van der Waals surface area contributed by atoms with Crippen LogP contribution < -0.4 is 15.2 Å². The predicted molar refractivity (Wildman–Crippen MR) is 41.0 cm³/mol. The van der Waals surface area contributed by atoms with Gasteiger partial charge in [-0.2, -0.15) is 0 Å². The number of carboxylic acid groups (broad SMARTS) is 2. The Morgan fingerprint density at radius 1 is 1.21 bits per heavy atom. The molecule has 6 nitrogen and oxygen atoms in total. The van der Waals surface area contributed by atoms with Gasteiger partial charge in [0, 0.05) is 17.7 Å². The number of aromatic nitrogens is 1. The fourth-order valence-electron chi connectivity index (χ4n) is 0.711. The Kier molecular flexibility index (Phi) is 7.57. The third-order valence-electron chi connectivity index (χ3n) is 1.26. The summed E-state index contributed by atoms with van der Waals surface area (Å²) < 4.78 is 0. The second kappa shape index (κ2) is 6.72. The molecule has 14 heavy (non-hydrogen) atoms. The van der Waals surface area contributed by atoms with Crippen molar-refractivity contribution in [1.82, 2.24) is 0 Å². The summed E-state index contributed by atoms with van der Waals surface area (Å²) in [6.45, 7) is 0. The number of hydrogen-bond acceptors (Lipinski definition) is 4. The molecule has 0 fully saturated rings. The summed E-state index contributed by atoms with van der Waals surface area (Å²) in [4.78, 5) is 22.8. The standard InChI is InChI=1S/C7H5NO4.Ca.H2O/c9-6(10)4-1-2-8-5(3-4)7(11)12;;/h1-3H,(H,9,10)(H,11,12);;1H2/q;+2;/p-1. The molecule has 1 aromatic rings. The van der Waals surface area contributed by atoms with Crippen LogP contribution in [0.5, 0.6) is 0 Å². The fraction of sp³-hybridized carbons (Fsp3) is 0. The molecule has 0 aliphatic heterocycles. The van der Waals surface area contributed by atoms with Crippen LogP contribution in [0.4, 0.5) is 0 Å². The largest absolute Gasteiger partial charge is 2.00 e. The van der Waals surface area contributed by atoms with Crippen molar-refractivity contribution in [1.29, 1.82) is 0 Å². The van der Waals surface area contributed by atoms with Crippen molar-refractivity contribution in [2.24, 2.45) is 0 Å². The number of rotatable bonds is 2. The first kappa shape index (κ1) is 15.8. The molecule has 0 aromatic carbocycles. The minimum atomic E-state index is -1.46. The number of H-pyrrole nitrogens is 1. The molecule has 1 heterocycles. The Balaban J connectivity index is 0. The minimum absolute atomic E-state index is 0. The Bertz CT molecular complexity index is 311. The molecular formula is C7H6CaNO5+. The molecule has 70 valence electrons. The van der Waals surface area contributed by atoms with Crippen molar-refractivity contribution in [2.45, 2.75) is 0 Å². The van der Waals surface area contributed by atoms with E-state index >= 15 is 0 Å². The van der Waals surface area contributed by atoms with Gasteiger partial charge in [-0.1, -0.05) is 0 Å². The minimum Gasteiger partial charge on any atom is -0.545 e. The monoisotopic (exact) mass is 224 g/mol. The fourth-order valence-corrected chi connectivity index (χ4v) is 0.711. The molecule has 0 saturated carbocycles. The number of aromatic amines is 1.